The minimum Gasteiger partial charge on any atom is -0.369 e. The average Bonchev–Trinajstić information content (AvgIpc) is 2.95. The molecule has 1 fully saturated rings. The predicted octanol–water partition coefficient (Wildman–Crippen LogP) is 1.59. The lowest BCUT2D eigenvalue weighted by molar-refractivity contribution is 0.249. The molecule has 2 N–H and O–H groups in total. The van der Waals surface area contributed by atoms with Gasteiger partial charge in [0.2, 0.25) is 10.0 Å². The van der Waals surface area contributed by atoms with Crippen LogP contribution in [0.4, 0.5) is 11.4 Å². The van der Waals surface area contributed by atoms with Crippen LogP contribution in [0.3, 0.4) is 0 Å². The number of primary sulfonamides is 1. The summed E-state index contributed by atoms with van der Waals surface area (Å²) in [5.74, 6) is 0.571. The molecule has 4 rings (SSSR count). The topological polar surface area (TPSA) is 86.9 Å². The first kappa shape index (κ1) is 22.0. The lowest BCUT2D eigenvalue weighted by atomic mass is 10.1. The van der Waals surface area contributed by atoms with Crippen molar-refractivity contribution in [2.75, 3.05) is 48.9 Å². The maximum atomic E-state index is 12.2. The molecule has 0 aromatic heterocycles. The fraction of sp³-hybridized carbons (Fsp3) is 0.368. The Hall–Kier alpha value is -1.65. The van der Waals surface area contributed by atoms with Crippen LogP contribution in [0.1, 0.15) is 5.56 Å². The quantitative estimate of drug-likeness (QED) is 0.751. The third-order valence-electron chi connectivity index (χ3n) is 5.30. The number of sulfonamides is 1. The summed E-state index contributed by atoms with van der Waals surface area (Å²) >= 11 is 0. The van der Waals surface area contributed by atoms with Crippen LogP contribution >= 0.6 is 12.4 Å². The molecule has 10 heteroatoms. The number of benzene rings is 2. The minimum atomic E-state index is -3.66. The summed E-state index contributed by atoms with van der Waals surface area (Å²) < 4.78 is 35.0. The first-order valence-electron chi connectivity index (χ1n) is 9.14. The van der Waals surface area contributed by atoms with E-state index in [-0.39, 0.29) is 17.3 Å². The maximum Gasteiger partial charge on any atom is 0.238 e. The molecule has 0 amide bonds. The van der Waals surface area contributed by atoms with Gasteiger partial charge in [-0.05, 0) is 42.0 Å². The summed E-state index contributed by atoms with van der Waals surface area (Å²) in [5, 5.41) is 5.16. The Labute approximate surface area is 180 Å². The van der Waals surface area contributed by atoms with Crippen molar-refractivity contribution in [1.82, 2.24) is 4.90 Å². The lowest BCUT2D eigenvalue weighted by Gasteiger charge is -2.36. The summed E-state index contributed by atoms with van der Waals surface area (Å²) in [6.45, 7) is 4.41. The fourth-order valence-corrected chi connectivity index (χ4v) is 5.62. The van der Waals surface area contributed by atoms with Crippen LogP contribution in [-0.4, -0.2) is 56.6 Å². The van der Waals surface area contributed by atoms with Gasteiger partial charge in [-0.25, -0.2) is 13.6 Å². The molecule has 2 aliphatic rings. The van der Waals surface area contributed by atoms with Crippen LogP contribution in [0, 0.1) is 0 Å². The molecule has 1 saturated heterocycles. The number of anilines is 2. The van der Waals surface area contributed by atoms with Crippen LogP contribution in [-0.2, 0) is 27.4 Å². The molecule has 158 valence electrons. The van der Waals surface area contributed by atoms with Gasteiger partial charge in [0, 0.05) is 45.5 Å². The lowest BCUT2D eigenvalue weighted by Crippen LogP contribution is -2.45. The van der Waals surface area contributed by atoms with Crippen molar-refractivity contribution in [1.29, 1.82) is 0 Å². The Bertz CT molecular complexity index is 1010. The summed E-state index contributed by atoms with van der Waals surface area (Å²) in [4.78, 5) is 7.74. The third kappa shape index (κ3) is 4.75. The van der Waals surface area contributed by atoms with E-state index in [9.17, 15) is 12.6 Å². The van der Waals surface area contributed by atoms with Crippen LogP contribution in [0.2, 0.25) is 0 Å². The van der Waals surface area contributed by atoms with Crippen LogP contribution in [0.25, 0.3) is 0 Å². The number of rotatable bonds is 4. The van der Waals surface area contributed by atoms with E-state index in [1.165, 1.54) is 5.56 Å². The van der Waals surface area contributed by atoms with Gasteiger partial charge in [-0.1, -0.05) is 6.07 Å². The first-order chi connectivity index (χ1) is 13.3. The van der Waals surface area contributed by atoms with Crippen molar-refractivity contribution >= 4 is 44.6 Å². The smallest absolute Gasteiger partial charge is 0.238 e. The second kappa shape index (κ2) is 8.61. The normalized spacial score (nSPS) is 19.7. The highest BCUT2D eigenvalue weighted by Crippen LogP contribution is 2.31. The maximum absolute atomic E-state index is 12.2. The molecule has 2 aliphatic heterocycles. The zero-order chi connectivity index (χ0) is 19.9. The highest BCUT2D eigenvalue weighted by Gasteiger charge is 2.24. The van der Waals surface area contributed by atoms with Crippen LogP contribution in [0.15, 0.2) is 52.3 Å². The van der Waals surface area contributed by atoms with E-state index in [0.29, 0.717) is 5.88 Å². The summed E-state index contributed by atoms with van der Waals surface area (Å²) in [5.41, 5.74) is 3.26. The molecule has 1 atom stereocenters. The standard InChI is InChI=1S/C19H24N4O3S2.ClH/c1-21-14-27(24)19-12-15(2-7-18(19)21)13-22-8-10-23(11-9-22)16-3-5-17(6-4-16)28(20,25)26;/h2-7,12H,8-11,13-14H2,1H3,(H2,20,25,26);1H. The van der Waals surface area contributed by atoms with Crippen LogP contribution in [0.5, 0.6) is 0 Å². The molecular weight excluding hydrogens is 432 g/mol. The number of halogens is 1. The number of hydrogen-bond acceptors (Lipinski definition) is 6. The molecule has 2 aromatic carbocycles. The van der Waals surface area contributed by atoms with Gasteiger partial charge in [-0.3, -0.25) is 9.11 Å². The zero-order valence-electron chi connectivity index (χ0n) is 16.2. The number of fused-ring (bicyclic) bond motifs is 1. The molecule has 2 aromatic rings. The van der Waals surface area contributed by atoms with Gasteiger partial charge in [-0.2, -0.15) is 0 Å². The van der Waals surface area contributed by atoms with Crippen LogP contribution < -0.4 is 14.9 Å². The van der Waals surface area contributed by atoms with Crippen molar-refractivity contribution in [2.24, 2.45) is 5.14 Å². The molecular formula is C19H25ClN4O3S2. The highest BCUT2D eigenvalue weighted by molar-refractivity contribution is 7.89. The van der Waals surface area contributed by atoms with Crippen molar-refractivity contribution < 1.29 is 12.6 Å². The third-order valence-corrected chi connectivity index (χ3v) is 7.67. The van der Waals surface area contributed by atoms with Gasteiger partial charge < -0.3 is 9.80 Å². The number of nitrogens with zero attached hydrogens (tertiary/aromatic N) is 3. The number of hydrogen-bond donors (Lipinski definition) is 1. The first-order valence-corrected chi connectivity index (χ1v) is 12.0. The molecule has 0 spiro atoms. The summed E-state index contributed by atoms with van der Waals surface area (Å²) in [7, 11) is -2.62. The van der Waals surface area contributed by atoms with Gasteiger partial charge in [0.05, 0.1) is 32.2 Å². The minimum absolute atomic E-state index is 0. The Morgan fingerprint density at radius 2 is 1.69 bits per heavy atom. The molecule has 29 heavy (non-hydrogen) atoms. The molecule has 0 saturated carbocycles. The number of nitrogens with two attached hydrogens (primary N) is 1. The predicted molar refractivity (Wildman–Crippen MR) is 119 cm³/mol. The van der Waals surface area contributed by atoms with E-state index in [0.717, 1.165) is 49.0 Å². The van der Waals surface area contributed by atoms with Gasteiger partial charge in [-0.15, -0.1) is 12.4 Å². The molecule has 1 unspecified atom stereocenters. The second-order valence-corrected chi connectivity index (χ2v) is 10.2. The molecule has 2 heterocycles. The molecule has 0 radical (unpaired) electrons. The van der Waals surface area contributed by atoms with Crippen molar-refractivity contribution in [3.05, 3.63) is 48.0 Å². The van der Waals surface area contributed by atoms with E-state index in [4.69, 9.17) is 5.14 Å². The monoisotopic (exact) mass is 456 g/mol. The Morgan fingerprint density at radius 3 is 2.31 bits per heavy atom. The fourth-order valence-electron chi connectivity index (χ4n) is 3.74. The SMILES string of the molecule is CN1CS(=O)c2cc(CN3CCN(c4ccc(S(N)(=O)=O)cc4)CC3)ccc21.Cl. The largest absolute Gasteiger partial charge is 0.369 e. The molecule has 7 nitrogen and oxygen atoms in total. The van der Waals surface area contributed by atoms with Crippen molar-refractivity contribution in [2.45, 2.75) is 16.3 Å². The van der Waals surface area contributed by atoms with Gasteiger partial charge in [0.15, 0.2) is 0 Å². The van der Waals surface area contributed by atoms with E-state index in [1.807, 2.05) is 24.1 Å². The number of piperazine rings is 1. The Morgan fingerprint density at radius 1 is 1.03 bits per heavy atom. The highest BCUT2D eigenvalue weighted by atomic mass is 35.5. The Balaban J connectivity index is 0.00000240. The molecule has 0 bridgehead atoms. The van der Waals surface area contributed by atoms with Gasteiger partial charge in [0.25, 0.3) is 0 Å². The van der Waals surface area contributed by atoms with E-state index in [2.05, 4.69) is 28.0 Å². The molecule has 0 aliphatic carbocycles. The van der Waals surface area contributed by atoms with E-state index < -0.39 is 20.8 Å². The van der Waals surface area contributed by atoms with Gasteiger partial charge in [0.1, 0.15) is 0 Å². The average molecular weight is 457 g/mol. The summed E-state index contributed by atoms with van der Waals surface area (Å²) in [6, 6.07) is 13.0. The second-order valence-electron chi connectivity index (χ2n) is 7.28. The van der Waals surface area contributed by atoms with E-state index in [1.54, 1.807) is 12.1 Å². The van der Waals surface area contributed by atoms with Gasteiger partial charge >= 0.3 is 0 Å². The van der Waals surface area contributed by atoms with Crippen molar-refractivity contribution in [3.63, 3.8) is 0 Å². The zero-order valence-corrected chi connectivity index (χ0v) is 18.6. The van der Waals surface area contributed by atoms with E-state index >= 15 is 0 Å². The van der Waals surface area contributed by atoms with Crippen molar-refractivity contribution in [3.8, 4) is 0 Å². The Kier molecular flexibility index (Phi) is 6.54. The summed E-state index contributed by atoms with van der Waals surface area (Å²) in [6.07, 6.45) is 0.